The third-order valence-corrected chi connectivity index (χ3v) is 5.85. The molecule has 0 saturated carbocycles. The molecule has 2 aromatic carbocycles. The number of hydrogen-bond acceptors (Lipinski definition) is 3. The maximum Gasteiger partial charge on any atom is 0.255 e. The van der Waals surface area contributed by atoms with Crippen molar-refractivity contribution in [1.82, 2.24) is 15.2 Å². The van der Waals surface area contributed by atoms with Crippen LogP contribution < -0.4 is 10.1 Å². The topological polar surface area (TPSA) is 74.4 Å². The Hall–Kier alpha value is -3.28. The molecule has 1 atom stereocenters. The summed E-state index contributed by atoms with van der Waals surface area (Å²) in [6.45, 7) is 7.44. The molecule has 3 aromatic rings. The molecule has 2 amide bonds. The number of carbonyl (C=O) groups excluding carboxylic acids is 2. The second kappa shape index (κ2) is 8.84. The first-order chi connectivity index (χ1) is 15.0. The maximum atomic E-state index is 13.5. The highest BCUT2D eigenvalue weighted by molar-refractivity contribution is 5.99. The lowest BCUT2D eigenvalue weighted by atomic mass is 9.99. The van der Waals surface area contributed by atoms with Gasteiger partial charge in [-0.1, -0.05) is 44.2 Å². The first-order valence-electron chi connectivity index (χ1n) is 10.9. The number of para-hydroxylation sites is 2. The number of benzene rings is 2. The number of rotatable bonds is 6. The van der Waals surface area contributed by atoms with Crippen LogP contribution in [0.2, 0.25) is 0 Å². The van der Waals surface area contributed by atoms with E-state index in [-0.39, 0.29) is 17.7 Å². The molecule has 4 rings (SSSR count). The molecule has 6 heteroatoms. The molecule has 1 aromatic heterocycles. The van der Waals surface area contributed by atoms with Crippen molar-refractivity contribution in [3.05, 3.63) is 65.4 Å². The Morgan fingerprint density at radius 1 is 1.13 bits per heavy atom. The summed E-state index contributed by atoms with van der Waals surface area (Å²) < 4.78 is 5.59. The van der Waals surface area contributed by atoms with Gasteiger partial charge in [0.25, 0.3) is 5.91 Å². The molecule has 1 aliphatic heterocycles. The number of aromatic amines is 1. The molecule has 0 aliphatic carbocycles. The highest BCUT2D eigenvalue weighted by atomic mass is 16.5. The van der Waals surface area contributed by atoms with Gasteiger partial charge >= 0.3 is 0 Å². The minimum Gasteiger partial charge on any atom is -0.493 e. The lowest BCUT2D eigenvalue weighted by molar-refractivity contribution is -0.135. The van der Waals surface area contributed by atoms with Crippen molar-refractivity contribution in [2.24, 2.45) is 5.92 Å². The van der Waals surface area contributed by atoms with Crippen molar-refractivity contribution in [3.63, 3.8) is 0 Å². The molecule has 2 heterocycles. The number of carbonyl (C=O) groups is 2. The van der Waals surface area contributed by atoms with Crippen molar-refractivity contribution < 1.29 is 14.3 Å². The lowest BCUT2D eigenvalue weighted by Gasteiger charge is -2.32. The second-order valence-corrected chi connectivity index (χ2v) is 8.26. The molecule has 0 radical (unpaired) electrons. The fraction of sp³-hybridized carbons (Fsp3) is 0.360. The Morgan fingerprint density at radius 2 is 1.87 bits per heavy atom. The van der Waals surface area contributed by atoms with Crippen LogP contribution in [0.15, 0.2) is 48.5 Å². The van der Waals surface area contributed by atoms with Gasteiger partial charge in [0.1, 0.15) is 11.8 Å². The van der Waals surface area contributed by atoms with Gasteiger partial charge in [0.05, 0.1) is 12.2 Å². The number of hydrogen-bond donors (Lipinski definition) is 2. The van der Waals surface area contributed by atoms with Gasteiger partial charge in [-0.15, -0.1) is 0 Å². The zero-order valence-corrected chi connectivity index (χ0v) is 18.3. The summed E-state index contributed by atoms with van der Waals surface area (Å²) in [5.74, 6) is 0.146. The summed E-state index contributed by atoms with van der Waals surface area (Å²) in [7, 11) is 0. The van der Waals surface area contributed by atoms with Gasteiger partial charge in [-0.05, 0) is 31.0 Å². The van der Waals surface area contributed by atoms with Crippen LogP contribution in [0.1, 0.15) is 42.4 Å². The van der Waals surface area contributed by atoms with Gasteiger partial charge in [-0.3, -0.25) is 9.59 Å². The van der Waals surface area contributed by atoms with E-state index in [0.717, 1.165) is 17.3 Å². The lowest BCUT2D eigenvalue weighted by Crippen LogP contribution is -2.52. The standard InChI is InChI=1S/C25H29N3O3/c1-4-31-22-12-8-6-10-18(22)24(29)27-23(16(2)3)25(30)28-14-13-21-19(15-28)17-9-5-7-11-20(17)26-21/h5-12,16,23,26H,4,13-15H2,1-3H3,(H,27,29). The first-order valence-corrected chi connectivity index (χ1v) is 10.9. The molecule has 0 fully saturated rings. The van der Waals surface area contributed by atoms with E-state index >= 15 is 0 Å². The van der Waals surface area contributed by atoms with E-state index in [1.807, 2.05) is 43.9 Å². The Bertz CT molecular complexity index is 1100. The molecule has 1 aliphatic rings. The fourth-order valence-corrected chi connectivity index (χ4v) is 4.22. The first kappa shape index (κ1) is 21.0. The molecule has 2 N–H and O–H groups in total. The smallest absolute Gasteiger partial charge is 0.255 e. The van der Waals surface area contributed by atoms with Crippen LogP contribution in [0.4, 0.5) is 0 Å². The number of nitrogens with zero attached hydrogens (tertiary/aromatic N) is 1. The fourth-order valence-electron chi connectivity index (χ4n) is 4.22. The summed E-state index contributed by atoms with van der Waals surface area (Å²) in [5.41, 5.74) is 3.91. The Kier molecular flexibility index (Phi) is 5.98. The van der Waals surface area contributed by atoms with Gasteiger partial charge in [0, 0.05) is 41.7 Å². The average molecular weight is 420 g/mol. The Balaban J connectivity index is 1.54. The van der Waals surface area contributed by atoms with Gasteiger partial charge in [0.2, 0.25) is 5.91 Å². The van der Waals surface area contributed by atoms with Crippen molar-refractivity contribution in [2.45, 2.75) is 39.8 Å². The Morgan fingerprint density at radius 3 is 2.65 bits per heavy atom. The number of nitrogens with one attached hydrogen (secondary N) is 2. The van der Waals surface area contributed by atoms with Gasteiger partial charge < -0.3 is 19.9 Å². The van der Waals surface area contributed by atoms with Crippen molar-refractivity contribution in [1.29, 1.82) is 0 Å². The highest BCUT2D eigenvalue weighted by Crippen LogP contribution is 2.28. The molecule has 31 heavy (non-hydrogen) atoms. The Labute approximate surface area is 182 Å². The third-order valence-electron chi connectivity index (χ3n) is 5.85. The highest BCUT2D eigenvalue weighted by Gasteiger charge is 2.32. The second-order valence-electron chi connectivity index (χ2n) is 8.26. The number of fused-ring (bicyclic) bond motifs is 3. The summed E-state index contributed by atoms with van der Waals surface area (Å²) in [6, 6.07) is 14.7. The molecule has 0 spiro atoms. The molecule has 0 bridgehead atoms. The molecular formula is C25H29N3O3. The van der Waals surface area contributed by atoms with Gasteiger partial charge in [-0.25, -0.2) is 0 Å². The van der Waals surface area contributed by atoms with Crippen LogP contribution in [0.5, 0.6) is 5.75 Å². The number of ether oxygens (including phenoxy) is 1. The average Bonchev–Trinajstić information content (AvgIpc) is 3.15. The van der Waals surface area contributed by atoms with Crippen LogP contribution >= 0.6 is 0 Å². The van der Waals surface area contributed by atoms with E-state index in [1.165, 1.54) is 11.3 Å². The quantitative estimate of drug-likeness (QED) is 0.636. The van der Waals surface area contributed by atoms with E-state index < -0.39 is 6.04 Å². The zero-order valence-electron chi connectivity index (χ0n) is 18.3. The number of amides is 2. The molecule has 1 unspecified atom stereocenters. The van der Waals surface area contributed by atoms with E-state index in [1.54, 1.807) is 18.2 Å². The molecule has 0 saturated heterocycles. The summed E-state index contributed by atoms with van der Waals surface area (Å²) in [6.07, 6.45) is 0.779. The van der Waals surface area contributed by atoms with Crippen LogP contribution in [0, 0.1) is 5.92 Å². The van der Waals surface area contributed by atoms with Crippen LogP contribution in [0.25, 0.3) is 10.9 Å². The van der Waals surface area contributed by atoms with E-state index in [0.29, 0.717) is 31.0 Å². The number of H-pyrrole nitrogens is 1. The predicted octanol–water partition coefficient (Wildman–Crippen LogP) is 3.91. The van der Waals surface area contributed by atoms with Crippen LogP contribution in [-0.2, 0) is 17.8 Å². The van der Waals surface area contributed by atoms with E-state index in [4.69, 9.17) is 4.74 Å². The van der Waals surface area contributed by atoms with E-state index in [9.17, 15) is 9.59 Å². The monoisotopic (exact) mass is 419 g/mol. The zero-order chi connectivity index (χ0) is 22.0. The molecule has 162 valence electrons. The minimum absolute atomic E-state index is 0.0416. The van der Waals surface area contributed by atoms with Crippen molar-refractivity contribution in [2.75, 3.05) is 13.2 Å². The SMILES string of the molecule is CCOc1ccccc1C(=O)NC(C(=O)N1CCc2[nH]c3ccccc3c2C1)C(C)C. The summed E-state index contributed by atoms with van der Waals surface area (Å²) >= 11 is 0. The summed E-state index contributed by atoms with van der Waals surface area (Å²) in [4.78, 5) is 31.8. The van der Waals surface area contributed by atoms with Crippen LogP contribution in [0.3, 0.4) is 0 Å². The van der Waals surface area contributed by atoms with E-state index in [2.05, 4.69) is 22.4 Å². The van der Waals surface area contributed by atoms with Gasteiger partial charge in [-0.2, -0.15) is 0 Å². The molecule has 6 nitrogen and oxygen atoms in total. The molecular weight excluding hydrogens is 390 g/mol. The van der Waals surface area contributed by atoms with Crippen molar-refractivity contribution in [3.8, 4) is 5.75 Å². The largest absolute Gasteiger partial charge is 0.493 e. The third kappa shape index (κ3) is 4.15. The summed E-state index contributed by atoms with van der Waals surface area (Å²) in [5, 5.41) is 4.12. The minimum atomic E-state index is -0.603. The predicted molar refractivity (Wildman–Crippen MR) is 121 cm³/mol. The van der Waals surface area contributed by atoms with Gasteiger partial charge in [0.15, 0.2) is 0 Å². The number of aromatic nitrogens is 1. The van der Waals surface area contributed by atoms with Crippen molar-refractivity contribution >= 4 is 22.7 Å². The maximum absolute atomic E-state index is 13.5. The normalized spacial score (nSPS) is 14.4. The van der Waals surface area contributed by atoms with Crippen LogP contribution in [-0.4, -0.2) is 40.9 Å².